The van der Waals surface area contributed by atoms with Gasteiger partial charge in [0.15, 0.2) is 0 Å². The summed E-state index contributed by atoms with van der Waals surface area (Å²) in [5.74, 6) is 0. The molecule has 1 unspecified atom stereocenters. The van der Waals surface area contributed by atoms with E-state index in [9.17, 15) is 8.42 Å². The van der Waals surface area contributed by atoms with Gasteiger partial charge in [0.25, 0.3) is 0 Å². The Balaban J connectivity index is 2.66. The summed E-state index contributed by atoms with van der Waals surface area (Å²) in [6.45, 7) is 4.53. The SMILES string of the molecule is CCOC(C)CNS(=O)(=O)c1ccc(CCO)cc1. The molecule has 2 N–H and O–H groups in total. The molecular weight excluding hydrogens is 266 g/mol. The summed E-state index contributed by atoms with van der Waals surface area (Å²) >= 11 is 0. The van der Waals surface area contributed by atoms with Crippen LogP contribution < -0.4 is 4.72 Å². The highest BCUT2D eigenvalue weighted by Gasteiger charge is 2.14. The van der Waals surface area contributed by atoms with Gasteiger partial charge in [-0.3, -0.25) is 0 Å². The molecule has 0 heterocycles. The summed E-state index contributed by atoms with van der Waals surface area (Å²) in [7, 11) is -3.50. The first kappa shape index (κ1) is 16.1. The molecule has 19 heavy (non-hydrogen) atoms. The fraction of sp³-hybridized carbons (Fsp3) is 0.538. The molecule has 108 valence electrons. The van der Waals surface area contributed by atoms with Gasteiger partial charge in [0.1, 0.15) is 0 Å². The van der Waals surface area contributed by atoms with Gasteiger partial charge in [0.2, 0.25) is 10.0 Å². The van der Waals surface area contributed by atoms with Crippen molar-refractivity contribution in [2.45, 2.75) is 31.3 Å². The number of aliphatic hydroxyl groups is 1. The first-order valence-electron chi connectivity index (χ1n) is 6.30. The Labute approximate surface area is 114 Å². The maximum atomic E-state index is 12.0. The number of benzene rings is 1. The monoisotopic (exact) mass is 287 g/mol. The molecule has 5 nitrogen and oxygen atoms in total. The van der Waals surface area contributed by atoms with Crippen LogP contribution >= 0.6 is 0 Å². The zero-order valence-corrected chi connectivity index (χ0v) is 12.1. The van der Waals surface area contributed by atoms with Crippen LogP contribution in [0, 0.1) is 0 Å². The number of ether oxygens (including phenoxy) is 1. The van der Waals surface area contributed by atoms with Crippen LogP contribution in [0.3, 0.4) is 0 Å². The predicted octanol–water partition coefficient (Wildman–Crippen LogP) is 0.925. The molecule has 0 bridgehead atoms. The third kappa shape index (κ3) is 5.28. The van der Waals surface area contributed by atoms with Crippen LogP contribution in [0.2, 0.25) is 0 Å². The lowest BCUT2D eigenvalue weighted by molar-refractivity contribution is 0.0799. The Morgan fingerprint density at radius 2 is 1.95 bits per heavy atom. The number of hydrogen-bond acceptors (Lipinski definition) is 4. The van der Waals surface area contributed by atoms with Crippen LogP contribution in [0.15, 0.2) is 29.2 Å². The van der Waals surface area contributed by atoms with Gasteiger partial charge in [0, 0.05) is 19.8 Å². The summed E-state index contributed by atoms with van der Waals surface area (Å²) in [6.07, 6.45) is 0.364. The van der Waals surface area contributed by atoms with Crippen molar-refractivity contribution in [1.29, 1.82) is 0 Å². The van der Waals surface area contributed by atoms with E-state index >= 15 is 0 Å². The highest BCUT2D eigenvalue weighted by molar-refractivity contribution is 7.89. The van der Waals surface area contributed by atoms with E-state index in [0.29, 0.717) is 13.0 Å². The van der Waals surface area contributed by atoms with Crippen LogP contribution in [-0.4, -0.2) is 39.4 Å². The van der Waals surface area contributed by atoms with E-state index in [1.807, 2.05) is 13.8 Å². The molecule has 0 aromatic heterocycles. The largest absolute Gasteiger partial charge is 0.396 e. The zero-order valence-electron chi connectivity index (χ0n) is 11.3. The fourth-order valence-electron chi connectivity index (χ4n) is 1.62. The van der Waals surface area contributed by atoms with Crippen molar-refractivity contribution < 1.29 is 18.3 Å². The van der Waals surface area contributed by atoms with Crippen LogP contribution in [0.1, 0.15) is 19.4 Å². The van der Waals surface area contributed by atoms with Gasteiger partial charge in [-0.2, -0.15) is 0 Å². The van der Waals surface area contributed by atoms with Gasteiger partial charge < -0.3 is 9.84 Å². The average Bonchev–Trinajstić information content (AvgIpc) is 2.38. The second-order valence-corrected chi connectivity index (χ2v) is 6.00. The number of rotatable bonds is 8. The van der Waals surface area contributed by atoms with E-state index in [-0.39, 0.29) is 24.2 Å². The third-order valence-electron chi connectivity index (χ3n) is 2.65. The molecule has 0 aliphatic heterocycles. The van der Waals surface area contributed by atoms with Crippen molar-refractivity contribution in [1.82, 2.24) is 4.72 Å². The lowest BCUT2D eigenvalue weighted by Gasteiger charge is -2.13. The molecule has 0 saturated carbocycles. The van der Waals surface area contributed by atoms with Crippen molar-refractivity contribution in [3.63, 3.8) is 0 Å². The quantitative estimate of drug-likeness (QED) is 0.745. The van der Waals surface area contributed by atoms with Gasteiger partial charge in [-0.25, -0.2) is 13.1 Å². The molecular formula is C13H21NO4S. The number of hydrogen-bond donors (Lipinski definition) is 2. The van der Waals surface area contributed by atoms with E-state index < -0.39 is 10.0 Å². The van der Waals surface area contributed by atoms with E-state index in [1.54, 1.807) is 24.3 Å². The van der Waals surface area contributed by atoms with Crippen LogP contribution in [0.25, 0.3) is 0 Å². The summed E-state index contributed by atoms with van der Waals surface area (Å²) in [5, 5.41) is 8.80. The topological polar surface area (TPSA) is 75.6 Å². The van der Waals surface area contributed by atoms with Crippen LogP contribution in [0.4, 0.5) is 0 Å². The molecule has 0 radical (unpaired) electrons. The average molecular weight is 287 g/mol. The minimum absolute atomic E-state index is 0.0518. The van der Waals surface area contributed by atoms with Gasteiger partial charge in [-0.1, -0.05) is 12.1 Å². The second kappa shape index (κ2) is 7.59. The highest BCUT2D eigenvalue weighted by atomic mass is 32.2. The molecule has 0 aliphatic carbocycles. The minimum atomic E-state index is -3.50. The molecule has 1 aromatic rings. The molecule has 0 saturated heterocycles. The predicted molar refractivity (Wildman–Crippen MR) is 73.5 cm³/mol. The van der Waals surface area contributed by atoms with E-state index in [2.05, 4.69) is 4.72 Å². The first-order valence-corrected chi connectivity index (χ1v) is 7.79. The summed E-state index contributed by atoms with van der Waals surface area (Å²) in [4.78, 5) is 0.220. The van der Waals surface area contributed by atoms with Crippen molar-refractivity contribution in [2.75, 3.05) is 19.8 Å². The Morgan fingerprint density at radius 3 is 2.47 bits per heavy atom. The maximum absolute atomic E-state index is 12.0. The third-order valence-corrected chi connectivity index (χ3v) is 4.09. The van der Waals surface area contributed by atoms with Gasteiger partial charge in [-0.05, 0) is 38.0 Å². The van der Waals surface area contributed by atoms with E-state index in [4.69, 9.17) is 9.84 Å². The van der Waals surface area contributed by atoms with Crippen molar-refractivity contribution >= 4 is 10.0 Å². The normalized spacial score (nSPS) is 13.4. The second-order valence-electron chi connectivity index (χ2n) is 4.24. The summed E-state index contributed by atoms with van der Waals surface area (Å²) in [6, 6.07) is 6.49. The molecule has 1 atom stereocenters. The molecule has 0 aliphatic rings. The smallest absolute Gasteiger partial charge is 0.240 e. The first-order chi connectivity index (χ1) is 8.99. The zero-order chi connectivity index (χ0) is 14.3. The molecule has 1 rings (SSSR count). The van der Waals surface area contributed by atoms with Crippen molar-refractivity contribution in [3.8, 4) is 0 Å². The number of aliphatic hydroxyl groups excluding tert-OH is 1. The number of sulfonamides is 1. The Kier molecular flexibility index (Phi) is 6.44. The van der Waals surface area contributed by atoms with Crippen molar-refractivity contribution in [3.05, 3.63) is 29.8 Å². The Bertz CT molecular complexity index is 470. The molecule has 0 amide bonds. The number of nitrogens with one attached hydrogen (secondary N) is 1. The Hall–Kier alpha value is -0.950. The molecule has 0 spiro atoms. The standard InChI is InChI=1S/C13H21NO4S/c1-3-18-11(2)10-14-19(16,17)13-6-4-12(5-7-13)8-9-15/h4-7,11,14-15H,3,8-10H2,1-2H3. The van der Waals surface area contributed by atoms with Crippen molar-refractivity contribution in [2.24, 2.45) is 0 Å². The molecule has 1 aromatic carbocycles. The fourth-order valence-corrected chi connectivity index (χ4v) is 2.73. The molecule has 6 heteroatoms. The van der Waals surface area contributed by atoms with Crippen LogP contribution in [-0.2, 0) is 21.2 Å². The summed E-state index contributed by atoms with van der Waals surface area (Å²) in [5.41, 5.74) is 0.907. The van der Waals surface area contributed by atoms with Gasteiger partial charge in [0.05, 0.1) is 11.0 Å². The lowest BCUT2D eigenvalue weighted by atomic mass is 10.2. The van der Waals surface area contributed by atoms with Crippen LogP contribution in [0.5, 0.6) is 0 Å². The van der Waals surface area contributed by atoms with E-state index in [1.165, 1.54) is 0 Å². The minimum Gasteiger partial charge on any atom is -0.396 e. The van der Waals surface area contributed by atoms with Gasteiger partial charge >= 0.3 is 0 Å². The molecule has 0 fully saturated rings. The van der Waals surface area contributed by atoms with E-state index in [0.717, 1.165) is 5.56 Å². The Morgan fingerprint density at radius 1 is 1.32 bits per heavy atom. The maximum Gasteiger partial charge on any atom is 0.240 e. The highest BCUT2D eigenvalue weighted by Crippen LogP contribution is 2.11. The lowest BCUT2D eigenvalue weighted by Crippen LogP contribution is -2.32. The summed E-state index contributed by atoms with van der Waals surface area (Å²) < 4.78 is 31.8. The van der Waals surface area contributed by atoms with Gasteiger partial charge in [-0.15, -0.1) is 0 Å².